The van der Waals surface area contributed by atoms with Crippen LogP contribution in [0.2, 0.25) is 0 Å². The molecule has 0 aromatic heterocycles. The molecule has 0 saturated heterocycles. The van der Waals surface area contributed by atoms with Gasteiger partial charge in [0.2, 0.25) is 0 Å². The summed E-state index contributed by atoms with van der Waals surface area (Å²) in [6.07, 6.45) is 8.17. The van der Waals surface area contributed by atoms with Crippen molar-refractivity contribution in [2.45, 2.75) is 19.3 Å². The van der Waals surface area contributed by atoms with Crippen LogP contribution in [0.5, 0.6) is 0 Å². The summed E-state index contributed by atoms with van der Waals surface area (Å²) in [5.74, 6) is 0. The van der Waals surface area contributed by atoms with Gasteiger partial charge in [-0.3, -0.25) is 0 Å². The van der Waals surface area contributed by atoms with Gasteiger partial charge < -0.3 is 9.68 Å². The predicted octanol–water partition coefficient (Wildman–Crippen LogP) is 1.57. The van der Waals surface area contributed by atoms with E-state index in [0.29, 0.717) is 0 Å². The molecule has 1 aliphatic carbocycles. The first kappa shape index (κ1) is 8.33. The molecule has 1 rings (SSSR count). The Balaban J connectivity index is 2.38. The Morgan fingerprint density at radius 2 is 2.55 bits per heavy atom. The lowest BCUT2D eigenvalue weighted by molar-refractivity contribution is 0.309. The minimum atomic E-state index is -2.20. The molecule has 0 heterocycles. The summed E-state index contributed by atoms with van der Waals surface area (Å²) in [4.78, 5) is 0. The quantitative estimate of drug-likeness (QED) is 0.485. The zero-order valence-electron chi connectivity index (χ0n) is 6.16. The maximum absolute atomic E-state index is 11.7. The fraction of sp³-hybridized carbons (Fsp3) is 0.429. The van der Waals surface area contributed by atoms with Crippen LogP contribution < -0.4 is 0 Å². The molecule has 0 saturated carbocycles. The van der Waals surface area contributed by atoms with E-state index in [9.17, 15) is 4.32 Å². The molecule has 4 heteroatoms. The van der Waals surface area contributed by atoms with E-state index < -0.39 is 7.40 Å². The highest BCUT2D eigenvalue weighted by molar-refractivity contribution is 6.33. The van der Waals surface area contributed by atoms with Crippen molar-refractivity contribution in [2.24, 2.45) is 0 Å². The molecular weight excluding hydrogens is 146 g/mol. The number of hydrogen-bond donors (Lipinski definition) is 1. The third-order valence-electron chi connectivity index (χ3n) is 1.50. The Kier molecular flexibility index (Phi) is 3.17. The normalized spacial score (nSPS) is 20.4. The predicted molar refractivity (Wildman–Crippen MR) is 41.2 cm³/mol. The van der Waals surface area contributed by atoms with Gasteiger partial charge in [0.05, 0.1) is 6.26 Å². The van der Waals surface area contributed by atoms with Gasteiger partial charge in [-0.25, -0.2) is 4.32 Å². The first-order chi connectivity index (χ1) is 5.29. The highest BCUT2D eigenvalue weighted by atomic mass is 19.1. The smallest absolute Gasteiger partial charge is 0.515 e. The summed E-state index contributed by atoms with van der Waals surface area (Å²) >= 11 is 0. The van der Waals surface area contributed by atoms with Crippen molar-refractivity contribution in [2.75, 3.05) is 0 Å². The van der Waals surface area contributed by atoms with Gasteiger partial charge in [-0.2, -0.15) is 0 Å². The molecule has 1 N–H and O–H groups in total. The molecule has 0 atom stereocenters. The molecule has 0 spiro atoms. The van der Waals surface area contributed by atoms with Crippen molar-refractivity contribution in [3.05, 3.63) is 24.0 Å². The second-order valence-corrected chi connectivity index (χ2v) is 2.42. The first-order valence-electron chi connectivity index (χ1n) is 3.62. The topological polar surface area (TPSA) is 29.5 Å². The summed E-state index contributed by atoms with van der Waals surface area (Å²) in [6, 6.07) is 0. The van der Waals surface area contributed by atoms with Crippen molar-refractivity contribution in [1.29, 1.82) is 0 Å². The Hall–Kier alpha value is -0.765. The van der Waals surface area contributed by atoms with Crippen LogP contribution >= 0.6 is 0 Å². The van der Waals surface area contributed by atoms with Gasteiger partial charge in [0, 0.05) is 0 Å². The number of rotatable bonds is 2. The number of hydrogen-bond acceptors (Lipinski definition) is 2. The molecule has 2 nitrogen and oxygen atoms in total. The van der Waals surface area contributed by atoms with Crippen molar-refractivity contribution >= 4 is 7.40 Å². The van der Waals surface area contributed by atoms with E-state index in [0.717, 1.165) is 24.8 Å². The SMILES string of the molecule is OB(F)OC=C1C=CCCC1. The van der Waals surface area contributed by atoms with Crippen LogP contribution in [0.1, 0.15) is 19.3 Å². The van der Waals surface area contributed by atoms with E-state index >= 15 is 0 Å². The lowest BCUT2D eigenvalue weighted by Gasteiger charge is -2.06. The Morgan fingerprint density at radius 3 is 3.09 bits per heavy atom. The largest absolute Gasteiger partial charge is 0.751 e. The van der Waals surface area contributed by atoms with E-state index in [4.69, 9.17) is 5.02 Å². The Morgan fingerprint density at radius 1 is 1.73 bits per heavy atom. The molecule has 0 amide bonds. The maximum Gasteiger partial charge on any atom is 0.751 e. The Bertz CT molecular complexity index is 177. The van der Waals surface area contributed by atoms with Gasteiger partial charge in [-0.1, -0.05) is 12.2 Å². The van der Waals surface area contributed by atoms with Gasteiger partial charge in [-0.05, 0) is 24.8 Å². The highest BCUT2D eigenvalue weighted by Gasteiger charge is 2.11. The minimum absolute atomic E-state index is 0.892. The molecule has 0 aliphatic heterocycles. The summed E-state index contributed by atoms with van der Waals surface area (Å²) in [5.41, 5.74) is 0.924. The molecule has 0 bridgehead atoms. The molecule has 1 aliphatic rings. The third-order valence-corrected chi connectivity index (χ3v) is 1.50. The third kappa shape index (κ3) is 3.23. The van der Waals surface area contributed by atoms with Crippen LogP contribution in [0.4, 0.5) is 4.32 Å². The summed E-state index contributed by atoms with van der Waals surface area (Å²) in [7, 11) is -2.20. The minimum Gasteiger partial charge on any atom is -0.515 e. The monoisotopic (exact) mass is 156 g/mol. The van der Waals surface area contributed by atoms with Gasteiger partial charge >= 0.3 is 7.40 Å². The van der Waals surface area contributed by atoms with Crippen molar-refractivity contribution < 1.29 is 14.0 Å². The molecule has 0 aromatic carbocycles. The first-order valence-corrected chi connectivity index (χ1v) is 3.62. The fourth-order valence-corrected chi connectivity index (χ4v) is 0.984. The number of halogens is 1. The fourth-order valence-electron chi connectivity index (χ4n) is 0.984. The van der Waals surface area contributed by atoms with Crippen molar-refractivity contribution in [3.63, 3.8) is 0 Å². The van der Waals surface area contributed by atoms with Crippen LogP contribution in [-0.2, 0) is 4.65 Å². The molecule has 60 valence electrons. The molecular formula is C7H10BFO2. The molecule has 0 aromatic rings. The van der Waals surface area contributed by atoms with Gasteiger partial charge in [0.15, 0.2) is 0 Å². The molecule has 11 heavy (non-hydrogen) atoms. The van der Waals surface area contributed by atoms with E-state index in [1.54, 1.807) is 0 Å². The average Bonchev–Trinajstić information content (AvgIpc) is 2.03. The second-order valence-electron chi connectivity index (χ2n) is 2.42. The van der Waals surface area contributed by atoms with E-state index in [-0.39, 0.29) is 0 Å². The van der Waals surface area contributed by atoms with Crippen LogP contribution in [0.25, 0.3) is 0 Å². The molecule has 0 radical (unpaired) electrons. The van der Waals surface area contributed by atoms with Gasteiger partial charge in [0.1, 0.15) is 0 Å². The summed E-state index contributed by atoms with van der Waals surface area (Å²) in [6.45, 7) is 0. The van der Waals surface area contributed by atoms with Crippen LogP contribution in [0.15, 0.2) is 24.0 Å². The van der Waals surface area contributed by atoms with Gasteiger partial charge in [0.25, 0.3) is 0 Å². The second kappa shape index (κ2) is 4.18. The average molecular weight is 156 g/mol. The highest BCUT2D eigenvalue weighted by Crippen LogP contribution is 2.15. The summed E-state index contributed by atoms with van der Waals surface area (Å²) < 4.78 is 16.0. The lowest BCUT2D eigenvalue weighted by atomic mass is 10.0. The van der Waals surface area contributed by atoms with Crippen LogP contribution in [0.3, 0.4) is 0 Å². The van der Waals surface area contributed by atoms with Crippen LogP contribution in [-0.4, -0.2) is 12.4 Å². The van der Waals surface area contributed by atoms with E-state index in [1.807, 2.05) is 12.2 Å². The maximum atomic E-state index is 11.7. The zero-order chi connectivity index (χ0) is 8.10. The standard InChI is InChI=1S/C7H10BFO2/c9-8(10)11-6-7-4-2-1-3-5-7/h2,4,6,10H,1,3,5H2. The molecule has 0 unspecified atom stereocenters. The zero-order valence-corrected chi connectivity index (χ0v) is 6.16. The van der Waals surface area contributed by atoms with E-state index in [2.05, 4.69) is 4.65 Å². The van der Waals surface area contributed by atoms with Crippen LogP contribution in [0, 0.1) is 0 Å². The lowest BCUT2D eigenvalue weighted by Crippen LogP contribution is -2.06. The van der Waals surface area contributed by atoms with Crippen molar-refractivity contribution in [3.8, 4) is 0 Å². The Labute approximate surface area is 65.6 Å². The van der Waals surface area contributed by atoms with E-state index in [1.165, 1.54) is 6.26 Å². The summed E-state index contributed by atoms with van der Waals surface area (Å²) in [5, 5.41) is 8.13. The molecule has 0 fully saturated rings. The van der Waals surface area contributed by atoms with Gasteiger partial charge in [-0.15, -0.1) is 0 Å². The van der Waals surface area contributed by atoms with Crippen molar-refractivity contribution in [1.82, 2.24) is 0 Å². The number of allylic oxidation sites excluding steroid dienone is 3.